The van der Waals surface area contributed by atoms with Crippen LogP contribution >= 0.6 is 0 Å². The molecule has 0 aromatic heterocycles. The molecular formula is C29H52O2. The molecule has 0 radical (unpaired) electrons. The fraction of sp³-hybridized carbons (Fsp3) is 1.00. The average molecular weight is 433 g/mol. The Balaban J connectivity index is 1.38. The van der Waals surface area contributed by atoms with E-state index in [0.717, 1.165) is 36.5 Å². The molecule has 6 unspecified atom stereocenters. The number of aliphatic hydroxyl groups is 2. The maximum Gasteiger partial charge on any atom is 0.0573 e. The number of hydrogen-bond acceptors (Lipinski definition) is 2. The molecule has 2 nitrogen and oxygen atoms in total. The maximum absolute atomic E-state index is 11.3. The lowest BCUT2D eigenvalue weighted by Gasteiger charge is -2.47. The summed E-state index contributed by atoms with van der Waals surface area (Å²) in [5.74, 6) is 5.30. The van der Waals surface area contributed by atoms with Crippen molar-refractivity contribution in [3.63, 3.8) is 0 Å². The van der Waals surface area contributed by atoms with Crippen molar-refractivity contribution in [1.82, 2.24) is 0 Å². The summed E-state index contributed by atoms with van der Waals surface area (Å²) in [6.07, 6.45) is 22.2. The topological polar surface area (TPSA) is 40.5 Å². The predicted molar refractivity (Wildman–Crippen MR) is 130 cm³/mol. The van der Waals surface area contributed by atoms with E-state index >= 15 is 0 Å². The molecule has 31 heavy (non-hydrogen) atoms. The Morgan fingerprint density at radius 3 is 1.32 bits per heavy atom. The van der Waals surface area contributed by atoms with Gasteiger partial charge in [-0.1, -0.05) is 78.1 Å². The summed E-state index contributed by atoms with van der Waals surface area (Å²) in [5, 5.41) is 22.7. The third-order valence-corrected chi connectivity index (χ3v) is 10.3. The zero-order chi connectivity index (χ0) is 21.8. The van der Waals surface area contributed by atoms with Crippen LogP contribution in [-0.2, 0) is 0 Å². The minimum Gasteiger partial charge on any atom is -0.393 e. The third-order valence-electron chi connectivity index (χ3n) is 10.3. The quantitative estimate of drug-likeness (QED) is 0.460. The van der Waals surface area contributed by atoms with E-state index in [1.165, 1.54) is 96.3 Å². The van der Waals surface area contributed by atoms with E-state index in [9.17, 15) is 10.2 Å². The van der Waals surface area contributed by atoms with Gasteiger partial charge < -0.3 is 10.2 Å². The molecule has 0 aromatic rings. The summed E-state index contributed by atoms with van der Waals surface area (Å²) in [4.78, 5) is 0. The van der Waals surface area contributed by atoms with Gasteiger partial charge in [-0.15, -0.1) is 0 Å². The summed E-state index contributed by atoms with van der Waals surface area (Å²) in [6, 6.07) is 0. The minimum absolute atomic E-state index is 0.132. The molecule has 180 valence electrons. The molecule has 2 N–H and O–H groups in total. The van der Waals surface area contributed by atoms with Crippen LogP contribution in [0.2, 0.25) is 0 Å². The van der Waals surface area contributed by atoms with Gasteiger partial charge in [-0.3, -0.25) is 0 Å². The molecule has 4 saturated carbocycles. The molecule has 0 amide bonds. The summed E-state index contributed by atoms with van der Waals surface area (Å²) in [5.41, 5.74) is 0. The van der Waals surface area contributed by atoms with E-state index < -0.39 is 0 Å². The van der Waals surface area contributed by atoms with Crippen LogP contribution < -0.4 is 0 Å². The van der Waals surface area contributed by atoms with Crippen molar-refractivity contribution in [3.05, 3.63) is 0 Å². The van der Waals surface area contributed by atoms with Crippen LogP contribution in [0.4, 0.5) is 0 Å². The highest BCUT2D eigenvalue weighted by atomic mass is 16.3. The Hall–Kier alpha value is -0.0800. The van der Waals surface area contributed by atoms with Crippen molar-refractivity contribution < 1.29 is 10.2 Å². The van der Waals surface area contributed by atoms with Crippen molar-refractivity contribution in [2.24, 2.45) is 47.3 Å². The SMILES string of the molecule is CC(C)CC(C1CCC(C2CCCCC2)CC1O)C1CCC(C2CCCCC2)CC1O. The summed E-state index contributed by atoms with van der Waals surface area (Å²) in [6.45, 7) is 4.68. The highest BCUT2D eigenvalue weighted by molar-refractivity contribution is 4.94. The molecule has 2 heteroatoms. The molecule has 6 atom stereocenters. The van der Waals surface area contributed by atoms with Crippen LogP contribution in [0.1, 0.15) is 123 Å². The van der Waals surface area contributed by atoms with Crippen LogP contribution in [0.15, 0.2) is 0 Å². The summed E-state index contributed by atoms with van der Waals surface area (Å²) in [7, 11) is 0. The average Bonchev–Trinajstić information content (AvgIpc) is 2.79. The first kappa shape index (κ1) is 24.1. The van der Waals surface area contributed by atoms with Gasteiger partial charge in [0.25, 0.3) is 0 Å². The number of rotatable bonds is 6. The van der Waals surface area contributed by atoms with Crippen LogP contribution in [-0.4, -0.2) is 22.4 Å². The van der Waals surface area contributed by atoms with Gasteiger partial charge in [0.1, 0.15) is 0 Å². The second-order valence-corrected chi connectivity index (χ2v) is 12.7. The second-order valence-electron chi connectivity index (χ2n) is 12.7. The molecule has 4 aliphatic rings. The maximum atomic E-state index is 11.3. The lowest BCUT2D eigenvalue weighted by molar-refractivity contribution is -0.0661. The molecule has 0 spiro atoms. The van der Waals surface area contributed by atoms with E-state index in [1.807, 2.05) is 0 Å². The van der Waals surface area contributed by atoms with Crippen molar-refractivity contribution in [3.8, 4) is 0 Å². The van der Waals surface area contributed by atoms with E-state index in [1.54, 1.807) is 0 Å². The Labute approximate surface area is 193 Å². The molecule has 0 heterocycles. The highest BCUT2D eigenvalue weighted by Gasteiger charge is 2.44. The summed E-state index contributed by atoms with van der Waals surface area (Å²) < 4.78 is 0. The summed E-state index contributed by atoms with van der Waals surface area (Å²) >= 11 is 0. The molecule has 4 aliphatic carbocycles. The first-order valence-electron chi connectivity index (χ1n) is 14.4. The standard InChI is InChI=1S/C29H52O2/c1-20(2)17-27(25-15-13-23(18-28(25)30)21-9-5-3-6-10-21)26-16-14-24(19-29(26)31)22-11-7-4-8-12-22/h20-31H,3-19H2,1-2H3. The lowest BCUT2D eigenvalue weighted by atomic mass is 9.60. The normalized spacial score (nSPS) is 40.2. The first-order chi connectivity index (χ1) is 15.0. The molecule has 0 saturated heterocycles. The Morgan fingerprint density at radius 2 is 0.968 bits per heavy atom. The Morgan fingerprint density at radius 1 is 0.548 bits per heavy atom. The molecular weight excluding hydrogens is 380 g/mol. The fourth-order valence-corrected chi connectivity index (χ4v) is 8.68. The molecule has 0 aliphatic heterocycles. The largest absolute Gasteiger partial charge is 0.393 e. The lowest BCUT2D eigenvalue weighted by Crippen LogP contribution is -2.45. The smallest absolute Gasteiger partial charge is 0.0573 e. The monoisotopic (exact) mass is 432 g/mol. The molecule has 0 aromatic carbocycles. The predicted octanol–water partition coefficient (Wildman–Crippen LogP) is 7.36. The van der Waals surface area contributed by atoms with Crippen LogP contribution in [0, 0.1) is 47.3 Å². The van der Waals surface area contributed by atoms with Gasteiger partial charge in [0.15, 0.2) is 0 Å². The Bertz CT molecular complexity index is 477. The van der Waals surface area contributed by atoms with E-state index in [2.05, 4.69) is 13.8 Å². The Kier molecular flexibility index (Phi) is 8.82. The molecule has 0 bridgehead atoms. The van der Waals surface area contributed by atoms with Crippen molar-refractivity contribution in [2.75, 3.05) is 0 Å². The van der Waals surface area contributed by atoms with E-state index in [4.69, 9.17) is 0 Å². The van der Waals surface area contributed by atoms with Gasteiger partial charge in [0.2, 0.25) is 0 Å². The fourth-order valence-electron chi connectivity index (χ4n) is 8.68. The zero-order valence-corrected chi connectivity index (χ0v) is 20.7. The minimum atomic E-state index is -0.132. The van der Waals surface area contributed by atoms with Crippen molar-refractivity contribution >= 4 is 0 Å². The van der Waals surface area contributed by atoms with Crippen LogP contribution in [0.25, 0.3) is 0 Å². The zero-order valence-electron chi connectivity index (χ0n) is 20.7. The van der Waals surface area contributed by atoms with Gasteiger partial charge in [0.05, 0.1) is 12.2 Å². The van der Waals surface area contributed by atoms with Gasteiger partial charge in [-0.2, -0.15) is 0 Å². The van der Waals surface area contributed by atoms with Crippen molar-refractivity contribution in [2.45, 2.75) is 135 Å². The van der Waals surface area contributed by atoms with Gasteiger partial charge in [0, 0.05) is 0 Å². The van der Waals surface area contributed by atoms with Crippen LogP contribution in [0.3, 0.4) is 0 Å². The number of aliphatic hydroxyl groups excluding tert-OH is 2. The number of hydrogen-bond donors (Lipinski definition) is 2. The van der Waals surface area contributed by atoms with E-state index in [-0.39, 0.29) is 12.2 Å². The second kappa shape index (κ2) is 11.4. The molecule has 4 fully saturated rings. The van der Waals surface area contributed by atoms with Gasteiger partial charge in [-0.25, -0.2) is 0 Å². The third kappa shape index (κ3) is 6.08. The van der Waals surface area contributed by atoms with Gasteiger partial charge in [-0.05, 0) is 92.3 Å². The van der Waals surface area contributed by atoms with E-state index in [0.29, 0.717) is 23.7 Å². The highest BCUT2D eigenvalue weighted by Crippen LogP contribution is 2.49. The van der Waals surface area contributed by atoms with Gasteiger partial charge >= 0.3 is 0 Å². The van der Waals surface area contributed by atoms with Crippen LogP contribution in [0.5, 0.6) is 0 Å². The van der Waals surface area contributed by atoms with Crippen molar-refractivity contribution in [1.29, 1.82) is 0 Å². The first-order valence-corrected chi connectivity index (χ1v) is 14.4. The molecule has 4 rings (SSSR count).